The molecule has 0 aliphatic carbocycles. The average molecular weight is 356 g/mol. The van der Waals surface area contributed by atoms with Gasteiger partial charge in [-0.05, 0) is 43.7 Å². The van der Waals surface area contributed by atoms with Gasteiger partial charge in [0, 0.05) is 35.9 Å². The van der Waals surface area contributed by atoms with E-state index in [0.29, 0.717) is 36.9 Å². The lowest BCUT2D eigenvalue weighted by Gasteiger charge is -2.18. The molecule has 1 aliphatic rings. The molecule has 1 aromatic carbocycles. The van der Waals surface area contributed by atoms with Crippen molar-refractivity contribution in [3.8, 4) is 17.5 Å². The summed E-state index contributed by atoms with van der Waals surface area (Å²) in [6.45, 7) is 3.42. The Balaban J connectivity index is 1.81. The number of hydrogen-bond acceptors (Lipinski definition) is 5. The summed E-state index contributed by atoms with van der Waals surface area (Å²) in [6.07, 6.45) is 0.451. The number of nitriles is 1. The monoisotopic (exact) mass is 355 g/mol. The van der Waals surface area contributed by atoms with Crippen LogP contribution in [0.4, 0.5) is 0 Å². The van der Waals surface area contributed by atoms with Crippen LogP contribution < -0.4 is 5.73 Å². The van der Waals surface area contributed by atoms with Gasteiger partial charge in [0.25, 0.3) is 0 Å². The minimum absolute atomic E-state index is 0.332. The predicted octanol–water partition coefficient (Wildman–Crippen LogP) is 2.31. The summed E-state index contributed by atoms with van der Waals surface area (Å²) in [5.41, 5.74) is 6.90. The number of carbonyl (C=O) groups is 1. The van der Waals surface area contributed by atoms with Gasteiger partial charge in [-0.2, -0.15) is 5.26 Å². The van der Waals surface area contributed by atoms with Gasteiger partial charge in [0.1, 0.15) is 5.41 Å². The normalized spacial score (nSPS) is 20.4. The Hall–Kier alpha value is -2.49. The number of nitrogens with zero attached hydrogens (tertiary/aromatic N) is 4. The van der Waals surface area contributed by atoms with Gasteiger partial charge in [-0.25, -0.2) is 9.97 Å². The van der Waals surface area contributed by atoms with E-state index in [1.165, 1.54) is 0 Å². The lowest BCUT2D eigenvalue weighted by atomic mass is 9.88. The summed E-state index contributed by atoms with van der Waals surface area (Å²) in [5.74, 6) is 0.0746. The van der Waals surface area contributed by atoms with Gasteiger partial charge in [-0.3, -0.25) is 9.69 Å². The van der Waals surface area contributed by atoms with Crippen LogP contribution in [-0.4, -0.2) is 33.9 Å². The zero-order valence-corrected chi connectivity index (χ0v) is 14.6. The van der Waals surface area contributed by atoms with Crippen molar-refractivity contribution in [3.05, 3.63) is 46.7 Å². The first-order chi connectivity index (χ1) is 11.9. The van der Waals surface area contributed by atoms with E-state index < -0.39 is 11.3 Å². The first kappa shape index (κ1) is 17.3. The van der Waals surface area contributed by atoms with Crippen molar-refractivity contribution in [2.45, 2.75) is 19.9 Å². The minimum Gasteiger partial charge on any atom is -0.368 e. The summed E-state index contributed by atoms with van der Waals surface area (Å²) >= 11 is 5.93. The van der Waals surface area contributed by atoms with Crippen LogP contribution >= 0.6 is 11.6 Å². The maximum atomic E-state index is 11.6. The van der Waals surface area contributed by atoms with Crippen LogP contribution in [0.25, 0.3) is 11.4 Å². The van der Waals surface area contributed by atoms with E-state index in [1.54, 1.807) is 12.1 Å². The van der Waals surface area contributed by atoms with E-state index in [4.69, 9.17) is 17.3 Å². The van der Waals surface area contributed by atoms with Gasteiger partial charge in [-0.15, -0.1) is 0 Å². The summed E-state index contributed by atoms with van der Waals surface area (Å²) in [7, 11) is 0. The van der Waals surface area contributed by atoms with Gasteiger partial charge in [0.05, 0.1) is 11.8 Å². The molecule has 1 unspecified atom stereocenters. The molecular formula is C18H18ClN5O. The van der Waals surface area contributed by atoms with E-state index in [9.17, 15) is 10.1 Å². The van der Waals surface area contributed by atoms with Crippen LogP contribution in [0.3, 0.4) is 0 Å². The van der Waals surface area contributed by atoms with Gasteiger partial charge >= 0.3 is 0 Å². The molecule has 6 nitrogen and oxygen atoms in total. The largest absolute Gasteiger partial charge is 0.368 e. The molecule has 1 aliphatic heterocycles. The first-order valence-corrected chi connectivity index (χ1v) is 8.34. The fraction of sp³-hybridized carbons (Fsp3) is 0.333. The maximum Gasteiger partial charge on any atom is 0.239 e. The Morgan fingerprint density at radius 3 is 2.72 bits per heavy atom. The van der Waals surface area contributed by atoms with Crippen molar-refractivity contribution in [2.24, 2.45) is 11.1 Å². The highest BCUT2D eigenvalue weighted by Gasteiger charge is 2.43. The Morgan fingerprint density at radius 1 is 1.40 bits per heavy atom. The third-order valence-corrected chi connectivity index (χ3v) is 4.68. The van der Waals surface area contributed by atoms with E-state index >= 15 is 0 Å². The fourth-order valence-corrected chi connectivity index (χ4v) is 3.17. The van der Waals surface area contributed by atoms with Crippen LogP contribution in [0.1, 0.15) is 17.8 Å². The molecule has 0 saturated carbocycles. The zero-order chi connectivity index (χ0) is 18.0. The average Bonchev–Trinajstić information content (AvgIpc) is 2.99. The number of primary amides is 1. The Kier molecular flexibility index (Phi) is 4.71. The summed E-state index contributed by atoms with van der Waals surface area (Å²) < 4.78 is 0. The van der Waals surface area contributed by atoms with Crippen LogP contribution in [0.15, 0.2) is 30.3 Å². The highest BCUT2D eigenvalue weighted by Crippen LogP contribution is 2.30. The van der Waals surface area contributed by atoms with E-state index in [0.717, 1.165) is 17.0 Å². The van der Waals surface area contributed by atoms with Crippen LogP contribution in [0.2, 0.25) is 5.02 Å². The van der Waals surface area contributed by atoms with Crippen LogP contribution in [-0.2, 0) is 11.3 Å². The van der Waals surface area contributed by atoms with E-state index in [1.807, 2.05) is 30.0 Å². The molecule has 1 fully saturated rings. The van der Waals surface area contributed by atoms with Gasteiger partial charge in [-0.1, -0.05) is 11.6 Å². The first-order valence-electron chi connectivity index (χ1n) is 7.96. The lowest BCUT2D eigenvalue weighted by Crippen LogP contribution is -2.38. The number of aromatic nitrogens is 2. The molecule has 2 aromatic rings. The van der Waals surface area contributed by atoms with Gasteiger partial charge < -0.3 is 5.73 Å². The molecule has 25 heavy (non-hydrogen) atoms. The number of halogens is 1. The van der Waals surface area contributed by atoms with Crippen molar-refractivity contribution in [3.63, 3.8) is 0 Å². The number of nitrogens with two attached hydrogens (primary N) is 1. The fourth-order valence-electron chi connectivity index (χ4n) is 3.04. The topological polar surface area (TPSA) is 95.9 Å². The molecule has 1 atom stereocenters. The number of carbonyl (C=O) groups excluding carboxylic acids is 1. The lowest BCUT2D eigenvalue weighted by molar-refractivity contribution is -0.124. The number of rotatable bonds is 4. The molecule has 1 saturated heterocycles. The third-order valence-electron chi connectivity index (χ3n) is 4.43. The van der Waals surface area contributed by atoms with Crippen molar-refractivity contribution < 1.29 is 4.79 Å². The number of amides is 1. The summed E-state index contributed by atoms with van der Waals surface area (Å²) in [4.78, 5) is 22.7. The third kappa shape index (κ3) is 3.63. The molecule has 1 amide bonds. The smallest absolute Gasteiger partial charge is 0.239 e. The summed E-state index contributed by atoms with van der Waals surface area (Å²) in [6, 6.07) is 11.4. The molecule has 2 heterocycles. The molecule has 0 radical (unpaired) electrons. The molecule has 2 N–H and O–H groups in total. The van der Waals surface area contributed by atoms with Crippen molar-refractivity contribution in [1.29, 1.82) is 5.26 Å². The number of likely N-dealkylation sites (tertiary alicyclic amines) is 1. The quantitative estimate of drug-likeness (QED) is 0.907. The van der Waals surface area contributed by atoms with Crippen molar-refractivity contribution in [1.82, 2.24) is 14.9 Å². The minimum atomic E-state index is -1.10. The molecule has 7 heteroatoms. The highest BCUT2D eigenvalue weighted by atomic mass is 35.5. The standard InChI is InChI=1S/C18H18ClN5O/c1-12-8-15(9-24-7-6-18(10-20,11-24)17(21)25)23-16(22-12)13-2-4-14(19)5-3-13/h2-5,8H,6-7,9,11H2,1H3,(H2,21,25). The molecule has 0 bridgehead atoms. The molecule has 128 valence electrons. The second-order valence-electron chi connectivity index (χ2n) is 6.35. The Bertz CT molecular complexity index is 846. The second kappa shape index (κ2) is 6.79. The maximum absolute atomic E-state index is 11.6. The van der Waals surface area contributed by atoms with Gasteiger partial charge in [0.15, 0.2) is 5.82 Å². The van der Waals surface area contributed by atoms with Crippen LogP contribution in [0, 0.1) is 23.7 Å². The number of aryl methyl sites for hydroxylation is 1. The van der Waals surface area contributed by atoms with E-state index in [2.05, 4.69) is 16.0 Å². The Labute approximate surface area is 151 Å². The SMILES string of the molecule is Cc1cc(CN2CCC(C#N)(C(N)=O)C2)nc(-c2ccc(Cl)cc2)n1. The van der Waals surface area contributed by atoms with Gasteiger partial charge in [0.2, 0.25) is 5.91 Å². The van der Waals surface area contributed by atoms with Crippen molar-refractivity contribution >= 4 is 17.5 Å². The molecular weight excluding hydrogens is 338 g/mol. The molecule has 0 spiro atoms. The van der Waals surface area contributed by atoms with E-state index in [-0.39, 0.29) is 0 Å². The molecule has 3 rings (SSSR count). The van der Waals surface area contributed by atoms with Crippen molar-refractivity contribution in [2.75, 3.05) is 13.1 Å². The zero-order valence-electron chi connectivity index (χ0n) is 13.9. The highest BCUT2D eigenvalue weighted by molar-refractivity contribution is 6.30. The summed E-state index contributed by atoms with van der Waals surface area (Å²) in [5, 5.41) is 9.98. The molecule has 1 aromatic heterocycles. The Morgan fingerprint density at radius 2 is 2.12 bits per heavy atom. The predicted molar refractivity (Wildman–Crippen MR) is 94.3 cm³/mol. The number of hydrogen-bond donors (Lipinski definition) is 1. The number of benzene rings is 1. The second-order valence-corrected chi connectivity index (χ2v) is 6.79. The van der Waals surface area contributed by atoms with Crippen LogP contribution in [0.5, 0.6) is 0 Å².